The maximum absolute atomic E-state index is 9.90. The zero-order valence-electron chi connectivity index (χ0n) is 12.0. The van der Waals surface area contributed by atoms with Gasteiger partial charge in [-0.2, -0.15) is 0 Å². The Morgan fingerprint density at radius 1 is 1.22 bits per heavy atom. The molecule has 2 atom stereocenters. The molecule has 0 amide bonds. The number of aliphatic hydroxyl groups excluding tert-OH is 1. The largest absolute Gasteiger partial charge is 0.392 e. The molecule has 1 saturated carbocycles. The van der Waals surface area contributed by atoms with Gasteiger partial charge in [0.15, 0.2) is 0 Å². The first-order valence-electron chi connectivity index (χ1n) is 6.98. The van der Waals surface area contributed by atoms with Crippen LogP contribution in [0.3, 0.4) is 0 Å². The van der Waals surface area contributed by atoms with Gasteiger partial charge >= 0.3 is 0 Å². The van der Waals surface area contributed by atoms with Gasteiger partial charge in [-0.25, -0.2) is 0 Å². The van der Waals surface area contributed by atoms with E-state index in [1.807, 2.05) is 0 Å². The Kier molecular flexibility index (Phi) is 4.08. The van der Waals surface area contributed by atoms with Crippen molar-refractivity contribution < 1.29 is 5.11 Å². The van der Waals surface area contributed by atoms with Gasteiger partial charge in [0.2, 0.25) is 0 Å². The van der Waals surface area contributed by atoms with Crippen LogP contribution in [0.15, 0.2) is 12.1 Å². The summed E-state index contributed by atoms with van der Waals surface area (Å²) >= 11 is 0. The minimum Gasteiger partial charge on any atom is -0.392 e. The van der Waals surface area contributed by atoms with Gasteiger partial charge < -0.3 is 10.4 Å². The van der Waals surface area contributed by atoms with E-state index in [2.05, 4.69) is 45.1 Å². The highest BCUT2D eigenvalue weighted by molar-refractivity contribution is 5.39. The SMILES string of the molecule is Cc1cc(C)c(C(C)NCC(O)C2CC2)c(C)c1. The predicted octanol–water partition coefficient (Wildman–Crippen LogP) is 3.03. The minimum atomic E-state index is -0.168. The Hall–Kier alpha value is -0.860. The molecule has 2 heteroatoms. The Balaban J connectivity index is 2.01. The van der Waals surface area contributed by atoms with Gasteiger partial charge in [0.25, 0.3) is 0 Å². The molecule has 2 unspecified atom stereocenters. The van der Waals surface area contributed by atoms with Crippen LogP contribution in [0, 0.1) is 26.7 Å². The Bertz CT molecular complexity index is 400. The average Bonchev–Trinajstić information content (AvgIpc) is 3.07. The first-order valence-corrected chi connectivity index (χ1v) is 6.98. The van der Waals surface area contributed by atoms with Crippen LogP contribution in [0.1, 0.15) is 48.1 Å². The van der Waals surface area contributed by atoms with E-state index in [1.165, 1.54) is 35.1 Å². The van der Waals surface area contributed by atoms with Crippen molar-refractivity contribution in [2.45, 2.75) is 52.7 Å². The number of aryl methyl sites for hydroxylation is 3. The first kappa shape index (κ1) is 13.6. The van der Waals surface area contributed by atoms with Crippen LogP contribution in [0.2, 0.25) is 0 Å². The molecule has 0 saturated heterocycles. The van der Waals surface area contributed by atoms with E-state index in [4.69, 9.17) is 0 Å². The van der Waals surface area contributed by atoms with Crippen molar-refractivity contribution in [1.82, 2.24) is 5.32 Å². The first-order chi connectivity index (χ1) is 8.49. The van der Waals surface area contributed by atoms with E-state index in [9.17, 15) is 5.11 Å². The van der Waals surface area contributed by atoms with Gasteiger partial charge in [0.05, 0.1) is 6.10 Å². The molecule has 18 heavy (non-hydrogen) atoms. The molecule has 2 rings (SSSR count). The van der Waals surface area contributed by atoms with E-state index in [1.54, 1.807) is 0 Å². The summed E-state index contributed by atoms with van der Waals surface area (Å²) in [6.45, 7) is 9.37. The second-order valence-electron chi connectivity index (χ2n) is 5.85. The van der Waals surface area contributed by atoms with Crippen molar-refractivity contribution in [3.63, 3.8) is 0 Å². The van der Waals surface area contributed by atoms with Crippen LogP contribution >= 0.6 is 0 Å². The molecule has 0 aromatic heterocycles. The molecule has 1 fully saturated rings. The molecule has 1 aromatic rings. The molecule has 0 bridgehead atoms. The molecule has 0 heterocycles. The van der Waals surface area contributed by atoms with Gasteiger partial charge in [0.1, 0.15) is 0 Å². The summed E-state index contributed by atoms with van der Waals surface area (Å²) in [6.07, 6.45) is 2.22. The minimum absolute atomic E-state index is 0.168. The lowest BCUT2D eigenvalue weighted by Crippen LogP contribution is -2.31. The van der Waals surface area contributed by atoms with Crippen LogP contribution in [-0.4, -0.2) is 17.8 Å². The second-order valence-corrected chi connectivity index (χ2v) is 5.85. The van der Waals surface area contributed by atoms with Crippen molar-refractivity contribution in [3.8, 4) is 0 Å². The molecule has 2 nitrogen and oxygen atoms in total. The van der Waals surface area contributed by atoms with Crippen LogP contribution in [0.25, 0.3) is 0 Å². The number of nitrogens with one attached hydrogen (secondary N) is 1. The van der Waals surface area contributed by atoms with Crippen molar-refractivity contribution in [3.05, 3.63) is 34.4 Å². The third kappa shape index (κ3) is 3.12. The Morgan fingerprint density at radius 2 is 1.78 bits per heavy atom. The van der Waals surface area contributed by atoms with Gasteiger partial charge in [-0.3, -0.25) is 0 Å². The summed E-state index contributed by atoms with van der Waals surface area (Å²) in [5.74, 6) is 0.546. The maximum Gasteiger partial charge on any atom is 0.0692 e. The second kappa shape index (κ2) is 5.41. The normalized spacial score (nSPS) is 18.7. The molecule has 0 aliphatic heterocycles. The molecule has 1 aliphatic rings. The molecule has 2 N–H and O–H groups in total. The van der Waals surface area contributed by atoms with Crippen LogP contribution < -0.4 is 5.32 Å². The molecular formula is C16H25NO. The van der Waals surface area contributed by atoms with E-state index >= 15 is 0 Å². The van der Waals surface area contributed by atoms with Crippen LogP contribution in [0.4, 0.5) is 0 Å². The zero-order chi connectivity index (χ0) is 13.3. The molecule has 0 spiro atoms. The Labute approximate surface area is 110 Å². The smallest absolute Gasteiger partial charge is 0.0692 e. The predicted molar refractivity (Wildman–Crippen MR) is 75.8 cm³/mol. The van der Waals surface area contributed by atoms with E-state index in [0.717, 1.165) is 0 Å². The Morgan fingerprint density at radius 3 is 2.28 bits per heavy atom. The molecule has 0 radical (unpaired) electrons. The van der Waals surface area contributed by atoms with Crippen molar-refractivity contribution >= 4 is 0 Å². The standard InChI is InChI=1S/C16H25NO/c1-10-7-11(2)16(12(3)8-10)13(4)17-9-15(18)14-5-6-14/h7-8,13-15,17-18H,5-6,9H2,1-4H3. The third-order valence-corrected chi connectivity index (χ3v) is 3.97. The van der Waals surface area contributed by atoms with Crippen molar-refractivity contribution in [2.24, 2.45) is 5.92 Å². The van der Waals surface area contributed by atoms with E-state index in [-0.39, 0.29) is 6.10 Å². The molecular weight excluding hydrogens is 222 g/mol. The van der Waals surface area contributed by atoms with Crippen molar-refractivity contribution in [2.75, 3.05) is 6.54 Å². The third-order valence-electron chi connectivity index (χ3n) is 3.97. The van der Waals surface area contributed by atoms with Crippen LogP contribution in [-0.2, 0) is 0 Å². The number of aliphatic hydroxyl groups is 1. The highest BCUT2D eigenvalue weighted by Crippen LogP contribution is 2.32. The van der Waals surface area contributed by atoms with Crippen LogP contribution in [0.5, 0.6) is 0 Å². The summed E-state index contributed by atoms with van der Waals surface area (Å²) in [7, 11) is 0. The highest BCUT2D eigenvalue weighted by atomic mass is 16.3. The van der Waals surface area contributed by atoms with Gasteiger partial charge in [-0.05, 0) is 63.1 Å². The average molecular weight is 247 g/mol. The van der Waals surface area contributed by atoms with Gasteiger partial charge in [-0.15, -0.1) is 0 Å². The maximum atomic E-state index is 9.90. The molecule has 1 aromatic carbocycles. The van der Waals surface area contributed by atoms with E-state index < -0.39 is 0 Å². The number of benzene rings is 1. The topological polar surface area (TPSA) is 32.3 Å². The fourth-order valence-corrected chi connectivity index (χ4v) is 2.92. The van der Waals surface area contributed by atoms with Gasteiger partial charge in [0, 0.05) is 12.6 Å². The monoisotopic (exact) mass is 247 g/mol. The number of hydrogen-bond acceptors (Lipinski definition) is 2. The fraction of sp³-hybridized carbons (Fsp3) is 0.625. The molecule has 100 valence electrons. The fourth-order valence-electron chi connectivity index (χ4n) is 2.92. The summed E-state index contributed by atoms with van der Waals surface area (Å²) < 4.78 is 0. The molecule has 1 aliphatic carbocycles. The summed E-state index contributed by atoms with van der Waals surface area (Å²) in [6, 6.07) is 4.77. The zero-order valence-corrected chi connectivity index (χ0v) is 12.0. The highest BCUT2D eigenvalue weighted by Gasteiger charge is 2.29. The number of rotatable bonds is 5. The van der Waals surface area contributed by atoms with E-state index in [0.29, 0.717) is 18.5 Å². The summed E-state index contributed by atoms with van der Waals surface area (Å²) in [5.41, 5.74) is 5.38. The lowest BCUT2D eigenvalue weighted by atomic mass is 9.95. The van der Waals surface area contributed by atoms with Gasteiger partial charge in [-0.1, -0.05) is 17.7 Å². The lowest BCUT2D eigenvalue weighted by Gasteiger charge is -2.21. The quantitative estimate of drug-likeness (QED) is 0.838. The number of hydrogen-bond donors (Lipinski definition) is 2. The summed E-state index contributed by atoms with van der Waals surface area (Å²) in [4.78, 5) is 0. The summed E-state index contributed by atoms with van der Waals surface area (Å²) in [5, 5.41) is 13.4. The lowest BCUT2D eigenvalue weighted by molar-refractivity contribution is 0.145. The van der Waals surface area contributed by atoms with Crippen molar-refractivity contribution in [1.29, 1.82) is 0 Å².